The van der Waals surface area contributed by atoms with Crippen molar-refractivity contribution >= 4 is 22.5 Å². The van der Waals surface area contributed by atoms with Gasteiger partial charge in [0.2, 0.25) is 0 Å². The zero-order chi connectivity index (χ0) is 22.6. The van der Waals surface area contributed by atoms with Crippen LogP contribution in [0.25, 0.3) is 0 Å². The Morgan fingerprint density at radius 2 is 1.57 bits per heavy atom. The summed E-state index contributed by atoms with van der Waals surface area (Å²) in [5, 5.41) is 12.3. The number of aliphatic hydroxyl groups is 1. The minimum atomic E-state index is -4.86. The first-order valence-electron chi connectivity index (χ1n) is 8.92. The molecule has 2 atom stereocenters. The molecule has 0 aliphatic rings. The molecule has 0 aliphatic carbocycles. The molecule has 11 heteroatoms. The van der Waals surface area contributed by atoms with Gasteiger partial charge in [-0.25, -0.2) is 9.59 Å². The lowest BCUT2D eigenvalue weighted by Crippen LogP contribution is -2.52. The highest BCUT2D eigenvalue weighted by Crippen LogP contribution is 2.24. The van der Waals surface area contributed by atoms with Crippen molar-refractivity contribution in [2.45, 2.75) is 91.0 Å². The first-order chi connectivity index (χ1) is 12.3. The van der Waals surface area contributed by atoms with Crippen LogP contribution in [-0.4, -0.2) is 64.0 Å². The van der Waals surface area contributed by atoms with Crippen LogP contribution in [0.5, 0.6) is 0 Å². The van der Waals surface area contributed by atoms with Gasteiger partial charge in [0.05, 0.1) is 12.1 Å². The molecular weight excluding hydrogens is 392 g/mol. The van der Waals surface area contributed by atoms with Gasteiger partial charge in [-0.15, -0.1) is 0 Å². The summed E-state index contributed by atoms with van der Waals surface area (Å²) in [5.74, 6) is 0. The zero-order valence-corrected chi connectivity index (χ0v) is 18.7. The molecule has 0 aromatic heterocycles. The van der Waals surface area contributed by atoms with Crippen molar-refractivity contribution in [2.24, 2.45) is 0 Å². The molecule has 2 amide bonds. The van der Waals surface area contributed by atoms with Crippen molar-refractivity contribution in [3.63, 3.8) is 0 Å². The van der Waals surface area contributed by atoms with E-state index in [0.29, 0.717) is 6.42 Å². The van der Waals surface area contributed by atoms with Crippen LogP contribution >= 0.6 is 0 Å². The second-order valence-corrected chi connectivity index (χ2v) is 10.2. The molecule has 0 heterocycles. The molecule has 166 valence electrons. The van der Waals surface area contributed by atoms with E-state index in [2.05, 4.69) is 5.32 Å². The van der Waals surface area contributed by atoms with Gasteiger partial charge in [-0.2, -0.15) is 12.7 Å². The standard InChI is InChI=1S/C17H34N2O8S/c1-12(18-13(21)26-16(5,6)7)9-10-17(8,11-20)27-14(22)19(15(2,3)4)28(23,24)25/h12,20H,9-11H2,1-8H3,(H,18,21)(H,23,24,25)/t12-,17-/m1/s1. The average Bonchev–Trinajstić information content (AvgIpc) is 2.39. The van der Waals surface area contributed by atoms with Gasteiger partial charge in [0, 0.05) is 6.04 Å². The zero-order valence-electron chi connectivity index (χ0n) is 17.9. The Kier molecular flexibility index (Phi) is 8.75. The SMILES string of the molecule is C[C@H](CC[C@](C)(CO)OC(=O)N(C(C)(C)C)S(=O)(=O)O)NC(=O)OC(C)(C)C. The molecule has 10 nitrogen and oxygen atoms in total. The van der Waals surface area contributed by atoms with E-state index in [0.717, 1.165) is 0 Å². The second kappa shape index (κ2) is 9.27. The number of carbonyl (C=O) groups is 2. The minimum absolute atomic E-state index is 0.121. The summed E-state index contributed by atoms with van der Waals surface area (Å²) in [6, 6.07) is -0.361. The lowest BCUT2D eigenvalue weighted by molar-refractivity contribution is -0.0387. The lowest BCUT2D eigenvalue weighted by Gasteiger charge is -2.35. The van der Waals surface area contributed by atoms with E-state index in [-0.39, 0.29) is 16.8 Å². The highest BCUT2D eigenvalue weighted by Gasteiger charge is 2.41. The summed E-state index contributed by atoms with van der Waals surface area (Å²) in [7, 11) is -4.86. The van der Waals surface area contributed by atoms with Gasteiger partial charge in [0.25, 0.3) is 0 Å². The Balaban J connectivity index is 5.04. The van der Waals surface area contributed by atoms with E-state index in [9.17, 15) is 27.7 Å². The maximum absolute atomic E-state index is 12.4. The first kappa shape index (κ1) is 26.4. The molecule has 0 rings (SSSR count). The highest BCUT2D eigenvalue weighted by atomic mass is 32.2. The van der Waals surface area contributed by atoms with Gasteiger partial charge in [-0.1, -0.05) is 0 Å². The molecule has 0 spiro atoms. The summed E-state index contributed by atoms with van der Waals surface area (Å²) < 4.78 is 43.0. The highest BCUT2D eigenvalue weighted by molar-refractivity contribution is 7.84. The summed E-state index contributed by atoms with van der Waals surface area (Å²) in [6.45, 7) is 12.0. The topological polar surface area (TPSA) is 142 Å². The number of aliphatic hydroxyl groups excluding tert-OH is 1. The van der Waals surface area contributed by atoms with E-state index in [1.165, 1.54) is 27.7 Å². The van der Waals surface area contributed by atoms with E-state index < -0.39 is 45.8 Å². The van der Waals surface area contributed by atoms with Gasteiger partial charge >= 0.3 is 22.5 Å². The smallest absolute Gasteiger partial charge is 0.426 e. The number of nitrogens with one attached hydrogen (secondary N) is 1. The molecule has 0 saturated heterocycles. The van der Waals surface area contributed by atoms with Crippen molar-refractivity contribution in [2.75, 3.05) is 6.61 Å². The van der Waals surface area contributed by atoms with E-state index in [1.54, 1.807) is 27.7 Å². The summed E-state index contributed by atoms with van der Waals surface area (Å²) in [6.07, 6.45) is -1.48. The fourth-order valence-corrected chi connectivity index (χ4v) is 3.15. The molecule has 0 radical (unpaired) electrons. The third-order valence-electron chi connectivity index (χ3n) is 3.54. The number of amides is 2. The van der Waals surface area contributed by atoms with Gasteiger partial charge in [0.1, 0.15) is 11.2 Å². The van der Waals surface area contributed by atoms with Crippen molar-refractivity contribution in [3.8, 4) is 0 Å². The molecule has 28 heavy (non-hydrogen) atoms. The predicted molar refractivity (Wildman–Crippen MR) is 103 cm³/mol. The van der Waals surface area contributed by atoms with Crippen LogP contribution in [0.2, 0.25) is 0 Å². The molecule has 0 aliphatic heterocycles. The summed E-state index contributed by atoms with van der Waals surface area (Å²) >= 11 is 0. The molecular formula is C17H34N2O8S. The Morgan fingerprint density at radius 3 is 1.93 bits per heavy atom. The largest absolute Gasteiger partial charge is 0.444 e. The number of hydrogen-bond acceptors (Lipinski definition) is 7. The molecule has 0 saturated carbocycles. The van der Waals surface area contributed by atoms with Crippen molar-refractivity contribution in [3.05, 3.63) is 0 Å². The average molecular weight is 427 g/mol. The van der Waals surface area contributed by atoms with Crippen LogP contribution in [0.15, 0.2) is 0 Å². The number of rotatable bonds is 7. The molecule has 0 unspecified atom stereocenters. The van der Waals surface area contributed by atoms with Crippen LogP contribution in [0.4, 0.5) is 9.59 Å². The van der Waals surface area contributed by atoms with Crippen LogP contribution in [0.3, 0.4) is 0 Å². The molecule has 0 aromatic carbocycles. The van der Waals surface area contributed by atoms with E-state index in [1.807, 2.05) is 0 Å². The van der Waals surface area contributed by atoms with Gasteiger partial charge in [0.15, 0.2) is 0 Å². The molecule has 0 fully saturated rings. The Hall–Kier alpha value is -1.59. The number of hydrogen-bond donors (Lipinski definition) is 3. The molecule has 0 aromatic rings. The van der Waals surface area contributed by atoms with Gasteiger partial charge < -0.3 is 19.9 Å². The number of carbonyl (C=O) groups excluding carboxylic acids is 2. The first-order valence-corrected chi connectivity index (χ1v) is 10.3. The minimum Gasteiger partial charge on any atom is -0.444 e. The molecule has 0 bridgehead atoms. The maximum Gasteiger partial charge on any atom is 0.426 e. The fourth-order valence-electron chi connectivity index (χ4n) is 2.23. The van der Waals surface area contributed by atoms with Crippen molar-refractivity contribution in [1.29, 1.82) is 0 Å². The third-order valence-corrected chi connectivity index (χ3v) is 4.70. The normalized spacial score (nSPS) is 15.9. The number of alkyl carbamates (subject to hydrolysis) is 1. The van der Waals surface area contributed by atoms with Crippen LogP contribution in [-0.2, 0) is 19.8 Å². The van der Waals surface area contributed by atoms with Crippen LogP contribution < -0.4 is 5.32 Å². The monoisotopic (exact) mass is 426 g/mol. The van der Waals surface area contributed by atoms with Crippen LogP contribution in [0.1, 0.15) is 68.2 Å². The fraction of sp³-hybridized carbons (Fsp3) is 0.882. The summed E-state index contributed by atoms with van der Waals surface area (Å²) in [4.78, 5) is 24.1. The summed E-state index contributed by atoms with van der Waals surface area (Å²) in [5.41, 5.74) is -3.34. The Morgan fingerprint density at radius 1 is 1.07 bits per heavy atom. The van der Waals surface area contributed by atoms with Gasteiger partial charge in [-0.3, -0.25) is 4.55 Å². The van der Waals surface area contributed by atoms with Crippen molar-refractivity contribution in [1.82, 2.24) is 9.62 Å². The lowest BCUT2D eigenvalue weighted by atomic mass is 9.98. The van der Waals surface area contributed by atoms with Gasteiger partial charge in [-0.05, 0) is 68.2 Å². The second-order valence-electron chi connectivity index (χ2n) is 8.97. The third kappa shape index (κ3) is 9.56. The quantitative estimate of drug-likeness (QED) is 0.527. The maximum atomic E-state index is 12.4. The predicted octanol–water partition coefficient (Wildman–Crippen LogP) is 2.47. The number of ether oxygens (including phenoxy) is 2. The Labute approximate surface area is 167 Å². The van der Waals surface area contributed by atoms with Crippen LogP contribution in [0, 0.1) is 0 Å². The van der Waals surface area contributed by atoms with E-state index >= 15 is 0 Å². The molecule has 3 N–H and O–H groups in total. The number of nitrogens with zero attached hydrogens (tertiary/aromatic N) is 1. The van der Waals surface area contributed by atoms with E-state index in [4.69, 9.17) is 9.47 Å². The Bertz CT molecular complexity index is 651. The van der Waals surface area contributed by atoms with Crippen molar-refractivity contribution < 1.29 is 37.1 Å².